The molecule has 0 aromatic carbocycles. The summed E-state index contributed by atoms with van der Waals surface area (Å²) in [5, 5.41) is 4.62. The fourth-order valence-corrected chi connectivity index (χ4v) is 3.44. The van der Waals surface area contributed by atoms with E-state index in [4.69, 9.17) is 5.73 Å². The molecule has 20 heavy (non-hydrogen) atoms. The molecule has 2 atom stereocenters. The average molecular weight is 278 g/mol. The molecule has 114 valence electrons. The van der Waals surface area contributed by atoms with Crippen molar-refractivity contribution in [3.05, 3.63) is 17.5 Å². The lowest BCUT2D eigenvalue weighted by Gasteiger charge is -2.34. The van der Waals surface area contributed by atoms with Crippen molar-refractivity contribution in [1.29, 1.82) is 0 Å². The van der Waals surface area contributed by atoms with Gasteiger partial charge in [-0.05, 0) is 31.7 Å². The van der Waals surface area contributed by atoms with Gasteiger partial charge in [-0.25, -0.2) is 0 Å². The molecule has 1 aromatic rings. The van der Waals surface area contributed by atoms with Gasteiger partial charge in [0.1, 0.15) is 0 Å². The van der Waals surface area contributed by atoms with Crippen LogP contribution in [0.15, 0.2) is 6.20 Å². The molecule has 2 N–H and O–H groups in total. The summed E-state index contributed by atoms with van der Waals surface area (Å²) in [6.45, 7) is 9.04. The topological polar surface area (TPSA) is 47.1 Å². The fourth-order valence-electron chi connectivity index (χ4n) is 3.44. The first-order valence-electron chi connectivity index (χ1n) is 8.05. The highest BCUT2D eigenvalue weighted by atomic mass is 15.3. The van der Waals surface area contributed by atoms with E-state index < -0.39 is 0 Å². The zero-order chi connectivity index (χ0) is 14.7. The Morgan fingerprint density at radius 2 is 2.15 bits per heavy atom. The van der Waals surface area contributed by atoms with Gasteiger partial charge in [-0.15, -0.1) is 0 Å². The van der Waals surface area contributed by atoms with E-state index in [1.165, 1.54) is 24.1 Å². The summed E-state index contributed by atoms with van der Waals surface area (Å²) in [6, 6.07) is 0.564. The standard InChI is InChI=1S/C16H30N4/c1-5-15-13(11-19(4)18-15)16-14(17)8-6-7-9-20(16)10-12(2)3/h11-12,14,16H,5-10,17H2,1-4H3. The lowest BCUT2D eigenvalue weighted by atomic mass is 9.95. The van der Waals surface area contributed by atoms with Crippen molar-refractivity contribution in [1.82, 2.24) is 14.7 Å². The maximum atomic E-state index is 6.53. The Balaban J connectivity index is 2.34. The van der Waals surface area contributed by atoms with Crippen LogP contribution in [-0.4, -0.2) is 33.8 Å². The molecular weight excluding hydrogens is 248 g/mol. The van der Waals surface area contributed by atoms with Gasteiger partial charge in [0.25, 0.3) is 0 Å². The van der Waals surface area contributed by atoms with Crippen LogP contribution in [-0.2, 0) is 13.5 Å². The second-order valence-corrected chi connectivity index (χ2v) is 6.55. The van der Waals surface area contributed by atoms with Crippen LogP contribution < -0.4 is 5.73 Å². The highest BCUT2D eigenvalue weighted by Gasteiger charge is 2.31. The number of nitrogens with two attached hydrogens (primary N) is 1. The maximum absolute atomic E-state index is 6.53. The molecule has 0 aliphatic carbocycles. The zero-order valence-corrected chi connectivity index (χ0v) is 13.5. The molecule has 1 aliphatic heterocycles. The number of aryl methyl sites for hydroxylation is 2. The Hall–Kier alpha value is -0.870. The summed E-state index contributed by atoms with van der Waals surface area (Å²) in [6.07, 6.45) is 6.79. The molecule has 0 bridgehead atoms. The summed E-state index contributed by atoms with van der Waals surface area (Å²) in [4.78, 5) is 2.60. The molecule has 0 radical (unpaired) electrons. The molecule has 1 fully saturated rings. The molecule has 1 saturated heterocycles. The second kappa shape index (κ2) is 6.72. The van der Waals surface area contributed by atoms with Gasteiger partial charge in [0.15, 0.2) is 0 Å². The normalized spacial score (nSPS) is 25.1. The van der Waals surface area contributed by atoms with E-state index in [0.29, 0.717) is 12.0 Å². The number of nitrogens with zero attached hydrogens (tertiary/aromatic N) is 3. The van der Waals surface area contributed by atoms with E-state index >= 15 is 0 Å². The van der Waals surface area contributed by atoms with Crippen LogP contribution >= 0.6 is 0 Å². The summed E-state index contributed by atoms with van der Waals surface area (Å²) in [7, 11) is 2.01. The average Bonchev–Trinajstić information content (AvgIpc) is 2.65. The first kappa shape index (κ1) is 15.5. The number of aromatic nitrogens is 2. The SMILES string of the molecule is CCc1nn(C)cc1C1C(N)CCCCN1CC(C)C. The van der Waals surface area contributed by atoms with E-state index in [9.17, 15) is 0 Å². The Kier molecular flexibility index (Phi) is 5.22. The molecule has 4 heteroatoms. The molecule has 1 aliphatic rings. The number of rotatable bonds is 4. The zero-order valence-electron chi connectivity index (χ0n) is 13.5. The predicted octanol–water partition coefficient (Wildman–Crippen LogP) is 2.49. The van der Waals surface area contributed by atoms with Crippen molar-refractivity contribution in [3.8, 4) is 0 Å². The number of likely N-dealkylation sites (tertiary alicyclic amines) is 1. The molecule has 4 nitrogen and oxygen atoms in total. The van der Waals surface area contributed by atoms with Crippen LogP contribution in [0.2, 0.25) is 0 Å². The van der Waals surface area contributed by atoms with Crippen LogP contribution in [0.3, 0.4) is 0 Å². The van der Waals surface area contributed by atoms with Crippen LogP contribution in [0.1, 0.15) is 57.3 Å². The highest BCUT2D eigenvalue weighted by Crippen LogP contribution is 2.32. The first-order chi connectivity index (χ1) is 9.52. The molecule has 1 aromatic heterocycles. The van der Waals surface area contributed by atoms with Crippen LogP contribution in [0.5, 0.6) is 0 Å². The van der Waals surface area contributed by atoms with Gasteiger partial charge in [-0.2, -0.15) is 5.10 Å². The van der Waals surface area contributed by atoms with Crippen LogP contribution in [0.4, 0.5) is 0 Å². The van der Waals surface area contributed by atoms with E-state index in [-0.39, 0.29) is 6.04 Å². The van der Waals surface area contributed by atoms with Crippen molar-refractivity contribution < 1.29 is 0 Å². The lowest BCUT2D eigenvalue weighted by Crippen LogP contribution is -2.41. The Morgan fingerprint density at radius 3 is 2.80 bits per heavy atom. The number of hydrogen-bond acceptors (Lipinski definition) is 3. The van der Waals surface area contributed by atoms with Gasteiger partial charge in [-0.1, -0.05) is 27.2 Å². The third-order valence-electron chi connectivity index (χ3n) is 4.22. The van der Waals surface area contributed by atoms with Gasteiger partial charge in [0.2, 0.25) is 0 Å². The Labute approximate surface area is 123 Å². The monoisotopic (exact) mass is 278 g/mol. The minimum absolute atomic E-state index is 0.228. The van der Waals surface area contributed by atoms with Crippen molar-refractivity contribution in [3.63, 3.8) is 0 Å². The predicted molar refractivity (Wildman–Crippen MR) is 83.6 cm³/mol. The third kappa shape index (κ3) is 3.41. The van der Waals surface area contributed by atoms with Gasteiger partial charge < -0.3 is 5.73 Å². The van der Waals surface area contributed by atoms with E-state index in [1.54, 1.807) is 0 Å². The summed E-state index contributed by atoms with van der Waals surface area (Å²) in [5.74, 6) is 0.671. The molecule has 0 spiro atoms. The van der Waals surface area contributed by atoms with E-state index in [0.717, 1.165) is 25.9 Å². The number of hydrogen-bond donors (Lipinski definition) is 1. The molecule has 2 heterocycles. The fraction of sp³-hybridized carbons (Fsp3) is 0.812. The first-order valence-corrected chi connectivity index (χ1v) is 8.05. The van der Waals surface area contributed by atoms with Crippen LogP contribution in [0.25, 0.3) is 0 Å². The minimum Gasteiger partial charge on any atom is -0.326 e. The Bertz CT molecular complexity index is 424. The van der Waals surface area contributed by atoms with Crippen molar-refractivity contribution >= 4 is 0 Å². The van der Waals surface area contributed by atoms with E-state index in [2.05, 4.69) is 37.0 Å². The highest BCUT2D eigenvalue weighted by molar-refractivity contribution is 5.24. The Morgan fingerprint density at radius 1 is 1.40 bits per heavy atom. The van der Waals surface area contributed by atoms with Crippen molar-refractivity contribution in [2.45, 2.75) is 58.5 Å². The minimum atomic E-state index is 0.228. The maximum Gasteiger partial charge on any atom is 0.0670 e. The van der Waals surface area contributed by atoms with E-state index in [1.807, 2.05) is 11.7 Å². The van der Waals surface area contributed by atoms with Gasteiger partial charge in [0.05, 0.1) is 11.7 Å². The largest absolute Gasteiger partial charge is 0.326 e. The summed E-state index contributed by atoms with van der Waals surface area (Å²) < 4.78 is 1.94. The molecule has 0 saturated carbocycles. The van der Waals surface area contributed by atoms with Gasteiger partial charge >= 0.3 is 0 Å². The molecule has 2 unspecified atom stereocenters. The van der Waals surface area contributed by atoms with Crippen LogP contribution in [0, 0.1) is 5.92 Å². The third-order valence-corrected chi connectivity index (χ3v) is 4.22. The molecular formula is C16H30N4. The summed E-state index contributed by atoms with van der Waals surface area (Å²) >= 11 is 0. The molecule has 2 rings (SSSR count). The molecule has 0 amide bonds. The lowest BCUT2D eigenvalue weighted by molar-refractivity contribution is 0.165. The van der Waals surface area contributed by atoms with Gasteiger partial charge in [-0.3, -0.25) is 9.58 Å². The quantitative estimate of drug-likeness (QED) is 0.920. The van der Waals surface area contributed by atoms with Gasteiger partial charge in [0, 0.05) is 31.4 Å². The second-order valence-electron chi connectivity index (χ2n) is 6.55. The van der Waals surface area contributed by atoms with Crippen molar-refractivity contribution in [2.75, 3.05) is 13.1 Å². The summed E-state index contributed by atoms with van der Waals surface area (Å²) in [5.41, 5.74) is 9.09. The smallest absolute Gasteiger partial charge is 0.0670 e. The van der Waals surface area contributed by atoms with Crippen molar-refractivity contribution in [2.24, 2.45) is 18.7 Å².